The number of methoxy groups -OCH3 is 2. The van der Waals surface area contributed by atoms with Crippen molar-refractivity contribution in [3.8, 4) is 5.75 Å². The highest BCUT2D eigenvalue weighted by Crippen LogP contribution is 2.22. The second-order valence-electron chi connectivity index (χ2n) is 4.12. The van der Waals surface area contributed by atoms with Gasteiger partial charge in [-0.15, -0.1) is 0 Å². The first-order valence-electron chi connectivity index (χ1n) is 5.84. The largest absolute Gasteiger partial charge is 0.497 e. The summed E-state index contributed by atoms with van der Waals surface area (Å²) in [5.41, 5.74) is 0.639. The minimum absolute atomic E-state index is 0.639. The fourth-order valence-corrected chi connectivity index (χ4v) is 1.64. The number of amides is 1. The molecule has 0 aromatic heterocycles. The molecule has 3 N–H and O–H groups in total. The van der Waals surface area contributed by atoms with Crippen LogP contribution in [0.4, 0.5) is 4.79 Å². The Morgan fingerprint density at radius 1 is 1.21 bits per heavy atom. The lowest BCUT2D eigenvalue weighted by Gasteiger charge is -2.26. The summed E-state index contributed by atoms with van der Waals surface area (Å²) in [6.45, 7) is 1.44. The molecule has 0 aliphatic carbocycles. The van der Waals surface area contributed by atoms with Gasteiger partial charge in [0.1, 0.15) is 11.9 Å². The van der Waals surface area contributed by atoms with Gasteiger partial charge in [0.15, 0.2) is 0 Å². The van der Waals surface area contributed by atoms with Gasteiger partial charge in [0.05, 0.1) is 26.4 Å². The van der Waals surface area contributed by atoms with Gasteiger partial charge in [0.25, 0.3) is 0 Å². The van der Waals surface area contributed by atoms with Crippen LogP contribution in [-0.2, 0) is 4.74 Å². The van der Waals surface area contributed by atoms with Crippen LogP contribution >= 0.6 is 0 Å². The predicted octanol–water partition coefficient (Wildman–Crippen LogP) is 0.834. The van der Waals surface area contributed by atoms with E-state index in [0.29, 0.717) is 11.3 Å². The predicted molar refractivity (Wildman–Crippen MR) is 69.0 cm³/mol. The van der Waals surface area contributed by atoms with E-state index in [4.69, 9.17) is 4.74 Å². The smallest absolute Gasteiger partial charge is 0.407 e. The van der Waals surface area contributed by atoms with E-state index in [1.807, 2.05) is 0 Å². The van der Waals surface area contributed by atoms with E-state index in [9.17, 15) is 15.0 Å². The summed E-state index contributed by atoms with van der Waals surface area (Å²) in [7, 11) is 2.78. The van der Waals surface area contributed by atoms with Gasteiger partial charge in [-0.25, -0.2) is 4.79 Å². The molecule has 1 aromatic carbocycles. The number of aliphatic hydroxyl groups is 2. The summed E-state index contributed by atoms with van der Waals surface area (Å²) in [5, 5.41) is 21.9. The molecule has 6 nitrogen and oxygen atoms in total. The standard InChI is InChI=1S/C13H19NO5/c1-8(15)12(16)11(14-13(17)19-3)9-4-6-10(18-2)7-5-9/h4-8,11-12,15-16H,1-3H3,(H,14,17)/t8?,11-,12-/m1/s1. The van der Waals surface area contributed by atoms with Crippen LogP contribution in [0.5, 0.6) is 5.75 Å². The molecule has 1 unspecified atom stereocenters. The number of hydrogen-bond acceptors (Lipinski definition) is 5. The molecule has 0 radical (unpaired) electrons. The highest BCUT2D eigenvalue weighted by molar-refractivity contribution is 5.67. The lowest BCUT2D eigenvalue weighted by molar-refractivity contribution is 0.00616. The number of benzene rings is 1. The zero-order valence-electron chi connectivity index (χ0n) is 11.2. The van der Waals surface area contributed by atoms with Crippen molar-refractivity contribution < 1.29 is 24.5 Å². The average molecular weight is 269 g/mol. The van der Waals surface area contributed by atoms with E-state index in [0.717, 1.165) is 0 Å². The maximum Gasteiger partial charge on any atom is 0.407 e. The summed E-state index contributed by atoms with van der Waals surface area (Å²) in [4.78, 5) is 11.3. The van der Waals surface area contributed by atoms with Crippen molar-refractivity contribution in [1.29, 1.82) is 0 Å². The van der Waals surface area contributed by atoms with Crippen molar-refractivity contribution in [1.82, 2.24) is 5.32 Å². The molecule has 0 spiro atoms. The minimum Gasteiger partial charge on any atom is -0.497 e. The fourth-order valence-electron chi connectivity index (χ4n) is 1.64. The molecule has 1 aromatic rings. The summed E-state index contributed by atoms with van der Waals surface area (Å²) in [5.74, 6) is 0.659. The quantitative estimate of drug-likeness (QED) is 0.737. The molecule has 19 heavy (non-hydrogen) atoms. The Hall–Kier alpha value is -1.79. The number of carbonyl (C=O) groups is 1. The molecule has 0 saturated heterocycles. The maximum atomic E-state index is 11.3. The lowest BCUT2D eigenvalue weighted by Crippen LogP contribution is -2.41. The highest BCUT2D eigenvalue weighted by atomic mass is 16.5. The molecule has 3 atom stereocenters. The van der Waals surface area contributed by atoms with Crippen LogP contribution in [0.3, 0.4) is 0 Å². The molecule has 0 fully saturated rings. The van der Waals surface area contributed by atoms with Crippen molar-refractivity contribution in [3.63, 3.8) is 0 Å². The van der Waals surface area contributed by atoms with E-state index in [1.54, 1.807) is 31.4 Å². The van der Waals surface area contributed by atoms with Crippen LogP contribution in [-0.4, -0.2) is 42.7 Å². The van der Waals surface area contributed by atoms with E-state index >= 15 is 0 Å². The molecule has 106 valence electrons. The average Bonchev–Trinajstić information content (AvgIpc) is 2.43. The Labute approximate surface area is 112 Å². The third-order valence-corrected chi connectivity index (χ3v) is 2.77. The zero-order valence-corrected chi connectivity index (χ0v) is 11.2. The number of alkyl carbamates (subject to hydrolysis) is 1. The molecule has 0 saturated carbocycles. The SMILES string of the molecule is COC(=O)N[C@H](c1ccc(OC)cc1)[C@H](O)C(C)O. The van der Waals surface area contributed by atoms with Gasteiger partial charge in [-0.1, -0.05) is 12.1 Å². The first-order valence-corrected chi connectivity index (χ1v) is 5.84. The minimum atomic E-state index is -1.15. The van der Waals surface area contributed by atoms with Crippen LogP contribution in [0.1, 0.15) is 18.5 Å². The van der Waals surface area contributed by atoms with Gasteiger partial charge >= 0.3 is 6.09 Å². The molecular weight excluding hydrogens is 250 g/mol. The van der Waals surface area contributed by atoms with Crippen LogP contribution < -0.4 is 10.1 Å². The van der Waals surface area contributed by atoms with Crippen LogP contribution in [0, 0.1) is 0 Å². The zero-order chi connectivity index (χ0) is 14.4. The summed E-state index contributed by atoms with van der Waals surface area (Å²) >= 11 is 0. The van der Waals surface area contributed by atoms with Gasteiger partial charge < -0.3 is 25.0 Å². The Balaban J connectivity index is 2.96. The van der Waals surface area contributed by atoms with Crippen LogP contribution in [0.15, 0.2) is 24.3 Å². The molecule has 1 rings (SSSR count). The summed E-state index contributed by atoms with van der Waals surface area (Å²) < 4.78 is 9.54. The normalized spacial score (nSPS) is 15.2. The van der Waals surface area contributed by atoms with Gasteiger partial charge in [0.2, 0.25) is 0 Å². The van der Waals surface area contributed by atoms with Crippen molar-refractivity contribution in [2.45, 2.75) is 25.2 Å². The lowest BCUT2D eigenvalue weighted by atomic mass is 9.98. The molecule has 1 amide bonds. The van der Waals surface area contributed by atoms with Crippen LogP contribution in [0.2, 0.25) is 0 Å². The van der Waals surface area contributed by atoms with E-state index in [-0.39, 0.29) is 0 Å². The van der Waals surface area contributed by atoms with E-state index in [2.05, 4.69) is 10.1 Å². The third-order valence-electron chi connectivity index (χ3n) is 2.77. The second kappa shape index (κ2) is 6.96. The Morgan fingerprint density at radius 2 is 1.79 bits per heavy atom. The van der Waals surface area contributed by atoms with Gasteiger partial charge in [-0.3, -0.25) is 0 Å². The van der Waals surface area contributed by atoms with Crippen molar-refractivity contribution in [3.05, 3.63) is 29.8 Å². The number of nitrogens with one attached hydrogen (secondary N) is 1. The highest BCUT2D eigenvalue weighted by Gasteiger charge is 2.27. The third kappa shape index (κ3) is 4.11. The van der Waals surface area contributed by atoms with E-state index in [1.165, 1.54) is 14.0 Å². The first kappa shape index (κ1) is 15.3. The molecule has 0 aliphatic rings. The second-order valence-corrected chi connectivity index (χ2v) is 4.12. The van der Waals surface area contributed by atoms with Crippen molar-refractivity contribution in [2.75, 3.05) is 14.2 Å². The number of carbonyl (C=O) groups excluding carboxylic acids is 1. The molecule has 0 aliphatic heterocycles. The molecule has 0 heterocycles. The van der Waals surface area contributed by atoms with Crippen molar-refractivity contribution >= 4 is 6.09 Å². The number of aliphatic hydroxyl groups excluding tert-OH is 2. The van der Waals surface area contributed by atoms with Gasteiger partial charge in [0, 0.05) is 0 Å². The summed E-state index contributed by atoms with van der Waals surface area (Å²) in [6, 6.07) is 6.04. The fraction of sp³-hybridized carbons (Fsp3) is 0.462. The van der Waals surface area contributed by atoms with Gasteiger partial charge in [-0.05, 0) is 24.6 Å². The molecular formula is C13H19NO5. The molecule has 0 bridgehead atoms. The number of ether oxygens (including phenoxy) is 2. The number of hydrogen-bond donors (Lipinski definition) is 3. The van der Waals surface area contributed by atoms with E-state index < -0.39 is 24.3 Å². The first-order chi connectivity index (χ1) is 8.99. The van der Waals surface area contributed by atoms with Crippen molar-refractivity contribution in [2.24, 2.45) is 0 Å². The van der Waals surface area contributed by atoms with Crippen LogP contribution in [0.25, 0.3) is 0 Å². The van der Waals surface area contributed by atoms with Gasteiger partial charge in [-0.2, -0.15) is 0 Å². The Kier molecular flexibility index (Phi) is 5.59. The Bertz CT molecular complexity index is 404. The topological polar surface area (TPSA) is 88.0 Å². The molecule has 6 heteroatoms. The summed E-state index contributed by atoms with van der Waals surface area (Å²) in [6.07, 6.45) is -2.82. The number of rotatable bonds is 5. The maximum absolute atomic E-state index is 11.3. The Morgan fingerprint density at radius 3 is 2.21 bits per heavy atom. The monoisotopic (exact) mass is 269 g/mol.